The van der Waals surface area contributed by atoms with Gasteiger partial charge in [0.15, 0.2) is 0 Å². The van der Waals surface area contributed by atoms with Crippen molar-refractivity contribution in [3.8, 4) is 0 Å². The molecule has 0 fully saturated rings. The van der Waals surface area contributed by atoms with Gasteiger partial charge in [0, 0.05) is 40.5 Å². The van der Waals surface area contributed by atoms with Gasteiger partial charge in [0.05, 0.1) is 17.1 Å². The van der Waals surface area contributed by atoms with Gasteiger partial charge in [-0.05, 0) is 30.7 Å². The van der Waals surface area contributed by atoms with Crippen LogP contribution in [0.4, 0.5) is 0 Å². The van der Waals surface area contributed by atoms with Gasteiger partial charge in [-0.2, -0.15) is 0 Å². The first kappa shape index (κ1) is 15.1. The number of aromatic amines is 1. The van der Waals surface area contributed by atoms with Gasteiger partial charge in [0.2, 0.25) is 5.91 Å². The molecular formula is C16H16ClN3OS. The van der Waals surface area contributed by atoms with Crippen LogP contribution in [0.3, 0.4) is 0 Å². The van der Waals surface area contributed by atoms with Crippen LogP contribution in [0, 0.1) is 6.92 Å². The standard InChI is InChI=1S/C16H16ClN3OS/c1-10-20-13(9-22-10)4-5-18-16(21)6-11-8-19-15-3-2-12(17)7-14(11)15/h2-3,7-9,19H,4-6H2,1H3,(H,18,21). The Labute approximate surface area is 137 Å². The second-order valence-electron chi connectivity index (χ2n) is 5.14. The largest absolute Gasteiger partial charge is 0.361 e. The minimum absolute atomic E-state index is 0.00725. The summed E-state index contributed by atoms with van der Waals surface area (Å²) in [7, 11) is 0. The van der Waals surface area contributed by atoms with Crippen molar-refractivity contribution < 1.29 is 4.79 Å². The molecule has 0 atom stereocenters. The number of carbonyl (C=O) groups is 1. The van der Waals surface area contributed by atoms with Crippen molar-refractivity contribution in [2.75, 3.05) is 6.54 Å². The third-order valence-electron chi connectivity index (χ3n) is 3.45. The summed E-state index contributed by atoms with van der Waals surface area (Å²) in [5.74, 6) is 0.00725. The maximum Gasteiger partial charge on any atom is 0.224 e. The van der Waals surface area contributed by atoms with Crippen molar-refractivity contribution in [3.05, 3.63) is 51.1 Å². The van der Waals surface area contributed by atoms with Crippen molar-refractivity contribution in [2.45, 2.75) is 19.8 Å². The number of nitrogens with zero attached hydrogens (tertiary/aromatic N) is 1. The fourth-order valence-corrected chi connectivity index (χ4v) is 3.20. The van der Waals surface area contributed by atoms with Gasteiger partial charge in [-0.1, -0.05) is 11.6 Å². The van der Waals surface area contributed by atoms with Crippen LogP contribution in [0.1, 0.15) is 16.3 Å². The average Bonchev–Trinajstić information content (AvgIpc) is 3.06. The van der Waals surface area contributed by atoms with Gasteiger partial charge in [0.25, 0.3) is 0 Å². The highest BCUT2D eigenvalue weighted by Crippen LogP contribution is 2.22. The molecule has 0 radical (unpaired) electrons. The van der Waals surface area contributed by atoms with E-state index in [9.17, 15) is 4.79 Å². The fourth-order valence-electron chi connectivity index (χ4n) is 2.39. The summed E-state index contributed by atoms with van der Waals surface area (Å²) in [5, 5.41) is 7.69. The second-order valence-corrected chi connectivity index (χ2v) is 6.64. The molecule has 4 nitrogen and oxygen atoms in total. The number of benzene rings is 1. The molecule has 2 N–H and O–H groups in total. The lowest BCUT2D eigenvalue weighted by Crippen LogP contribution is -2.27. The number of halogens is 1. The van der Waals surface area contributed by atoms with Crippen LogP contribution in [-0.4, -0.2) is 22.4 Å². The number of nitrogens with one attached hydrogen (secondary N) is 2. The van der Waals surface area contributed by atoms with Crippen LogP contribution in [0.2, 0.25) is 5.02 Å². The summed E-state index contributed by atoms with van der Waals surface area (Å²) in [6, 6.07) is 5.64. The Kier molecular flexibility index (Phi) is 4.45. The lowest BCUT2D eigenvalue weighted by atomic mass is 10.1. The van der Waals surface area contributed by atoms with E-state index in [1.165, 1.54) is 0 Å². The number of amides is 1. The quantitative estimate of drug-likeness (QED) is 0.751. The minimum atomic E-state index is 0.00725. The Morgan fingerprint density at radius 1 is 1.45 bits per heavy atom. The molecule has 114 valence electrons. The van der Waals surface area contributed by atoms with Gasteiger partial charge in [-0.3, -0.25) is 4.79 Å². The lowest BCUT2D eigenvalue weighted by molar-refractivity contribution is -0.120. The molecule has 2 aromatic heterocycles. The molecule has 2 heterocycles. The fraction of sp³-hybridized carbons (Fsp3) is 0.250. The summed E-state index contributed by atoms with van der Waals surface area (Å²) < 4.78 is 0. The van der Waals surface area contributed by atoms with Gasteiger partial charge in [0.1, 0.15) is 0 Å². The van der Waals surface area contributed by atoms with Gasteiger partial charge < -0.3 is 10.3 Å². The highest BCUT2D eigenvalue weighted by atomic mass is 35.5. The third-order valence-corrected chi connectivity index (χ3v) is 4.51. The minimum Gasteiger partial charge on any atom is -0.361 e. The maximum atomic E-state index is 12.1. The number of carbonyl (C=O) groups excluding carboxylic acids is 1. The van der Waals surface area contributed by atoms with Gasteiger partial charge in [-0.25, -0.2) is 4.98 Å². The van der Waals surface area contributed by atoms with Crippen LogP contribution < -0.4 is 5.32 Å². The van der Waals surface area contributed by atoms with Crippen LogP contribution in [0.25, 0.3) is 10.9 Å². The summed E-state index contributed by atoms with van der Waals surface area (Å²) in [5.41, 5.74) is 2.98. The van der Waals surface area contributed by atoms with E-state index in [-0.39, 0.29) is 5.91 Å². The first-order valence-electron chi connectivity index (χ1n) is 7.05. The van der Waals surface area contributed by atoms with Crippen molar-refractivity contribution in [1.29, 1.82) is 0 Å². The topological polar surface area (TPSA) is 57.8 Å². The SMILES string of the molecule is Cc1nc(CCNC(=O)Cc2c[nH]c3ccc(Cl)cc23)cs1. The highest BCUT2D eigenvalue weighted by Gasteiger charge is 2.09. The summed E-state index contributed by atoms with van der Waals surface area (Å²) >= 11 is 7.65. The monoisotopic (exact) mass is 333 g/mol. The van der Waals surface area contributed by atoms with Crippen LogP contribution >= 0.6 is 22.9 Å². The number of thiazole rings is 1. The predicted octanol–water partition coefficient (Wildman–Crippen LogP) is 3.49. The molecule has 0 saturated carbocycles. The van der Waals surface area contributed by atoms with Gasteiger partial charge in [-0.15, -0.1) is 11.3 Å². The Morgan fingerprint density at radius 3 is 3.09 bits per heavy atom. The second kappa shape index (κ2) is 6.50. The Bertz CT molecular complexity index is 809. The summed E-state index contributed by atoms with van der Waals surface area (Å²) in [6.45, 7) is 2.58. The molecule has 0 aliphatic rings. The Balaban J connectivity index is 1.57. The van der Waals surface area contributed by atoms with Crippen LogP contribution in [0.5, 0.6) is 0 Å². The lowest BCUT2D eigenvalue weighted by Gasteiger charge is -2.03. The maximum absolute atomic E-state index is 12.1. The molecule has 3 aromatic rings. The number of hydrogen-bond acceptors (Lipinski definition) is 3. The normalized spacial score (nSPS) is 11.0. The molecule has 0 saturated heterocycles. The predicted molar refractivity (Wildman–Crippen MR) is 90.6 cm³/mol. The molecule has 0 aliphatic carbocycles. The Morgan fingerprint density at radius 2 is 2.32 bits per heavy atom. The molecule has 1 amide bonds. The molecular weight excluding hydrogens is 318 g/mol. The zero-order valence-electron chi connectivity index (χ0n) is 12.1. The summed E-state index contributed by atoms with van der Waals surface area (Å²) in [4.78, 5) is 19.6. The third kappa shape index (κ3) is 3.48. The molecule has 22 heavy (non-hydrogen) atoms. The zero-order valence-corrected chi connectivity index (χ0v) is 13.7. The molecule has 0 bridgehead atoms. The van der Waals surface area contributed by atoms with E-state index in [1.807, 2.05) is 36.7 Å². The zero-order chi connectivity index (χ0) is 15.5. The van der Waals surface area contributed by atoms with E-state index in [2.05, 4.69) is 15.3 Å². The number of fused-ring (bicyclic) bond motifs is 1. The number of aromatic nitrogens is 2. The van der Waals surface area contributed by atoms with E-state index in [0.717, 1.165) is 33.6 Å². The van der Waals surface area contributed by atoms with Crippen LogP contribution in [0.15, 0.2) is 29.8 Å². The number of hydrogen-bond donors (Lipinski definition) is 2. The van der Waals surface area contributed by atoms with E-state index in [1.54, 1.807) is 11.3 Å². The van der Waals surface area contributed by atoms with Crippen molar-refractivity contribution in [2.24, 2.45) is 0 Å². The number of rotatable bonds is 5. The van der Waals surface area contributed by atoms with Crippen molar-refractivity contribution in [3.63, 3.8) is 0 Å². The first-order chi connectivity index (χ1) is 10.6. The number of aryl methyl sites for hydroxylation is 1. The smallest absolute Gasteiger partial charge is 0.224 e. The molecule has 6 heteroatoms. The van der Waals surface area contributed by atoms with E-state index < -0.39 is 0 Å². The van der Waals surface area contributed by atoms with Crippen molar-refractivity contribution >= 4 is 39.7 Å². The van der Waals surface area contributed by atoms with E-state index in [4.69, 9.17) is 11.6 Å². The Hall–Kier alpha value is -1.85. The van der Waals surface area contributed by atoms with E-state index >= 15 is 0 Å². The average molecular weight is 334 g/mol. The molecule has 0 spiro atoms. The number of H-pyrrole nitrogens is 1. The molecule has 1 aromatic carbocycles. The van der Waals surface area contributed by atoms with Crippen molar-refractivity contribution in [1.82, 2.24) is 15.3 Å². The van der Waals surface area contributed by atoms with Crippen LogP contribution in [-0.2, 0) is 17.6 Å². The molecule has 3 rings (SSSR count). The summed E-state index contributed by atoms with van der Waals surface area (Å²) in [6.07, 6.45) is 2.97. The van der Waals surface area contributed by atoms with Gasteiger partial charge >= 0.3 is 0 Å². The van der Waals surface area contributed by atoms with E-state index in [0.29, 0.717) is 18.0 Å². The highest BCUT2D eigenvalue weighted by molar-refractivity contribution is 7.09. The molecule has 0 unspecified atom stereocenters. The molecule has 0 aliphatic heterocycles. The first-order valence-corrected chi connectivity index (χ1v) is 8.31.